The van der Waals surface area contributed by atoms with Crippen LogP contribution in [0.5, 0.6) is 5.75 Å². The molecule has 1 unspecified atom stereocenters. The maximum atomic E-state index is 15.1. The van der Waals surface area contributed by atoms with Crippen molar-refractivity contribution in [3.63, 3.8) is 0 Å². The number of carbonyl (C=O) groups excluding carboxylic acids is 1. The third kappa shape index (κ3) is 6.82. The lowest BCUT2D eigenvalue weighted by atomic mass is 10.0. The standard InChI is InChI=1S/C33H34F4N8O3/c1-4-31(46)42-25-15-26(28(47-3)14-23(25)20-17-40-44(18-20)21-8-11-43(2)12-9-21)41-29-16-30(39-19-38-29)45-27(10-13-48-45)22-6-5-7-24(32(22)34)33(35,36)37/h4-7,14-19,21,27H,1,8-13H2,2-3H3,(H,42,46)(H,38,39,41). The van der Waals surface area contributed by atoms with E-state index in [0.717, 1.165) is 31.5 Å². The third-order valence-corrected chi connectivity index (χ3v) is 8.50. The zero-order valence-electron chi connectivity index (χ0n) is 26.3. The first-order valence-corrected chi connectivity index (χ1v) is 15.3. The van der Waals surface area contributed by atoms with Crippen LogP contribution in [-0.2, 0) is 15.8 Å². The van der Waals surface area contributed by atoms with Gasteiger partial charge in [-0.1, -0.05) is 18.7 Å². The fourth-order valence-electron chi connectivity index (χ4n) is 5.99. The van der Waals surface area contributed by atoms with E-state index < -0.39 is 29.5 Å². The summed E-state index contributed by atoms with van der Waals surface area (Å²) in [5.41, 5.74) is 0.850. The van der Waals surface area contributed by atoms with E-state index in [2.05, 4.69) is 44.2 Å². The average molecular weight is 667 g/mol. The average Bonchev–Trinajstić information content (AvgIpc) is 3.76. The maximum Gasteiger partial charge on any atom is 0.419 e. The highest BCUT2D eigenvalue weighted by atomic mass is 19.4. The van der Waals surface area contributed by atoms with Crippen molar-refractivity contribution in [2.75, 3.05) is 49.6 Å². The number of piperidine rings is 1. The number of likely N-dealkylation sites (tertiary alicyclic amines) is 1. The Morgan fingerprint density at radius 2 is 1.92 bits per heavy atom. The highest BCUT2D eigenvalue weighted by Gasteiger charge is 2.38. The van der Waals surface area contributed by atoms with E-state index in [4.69, 9.17) is 9.57 Å². The molecule has 48 heavy (non-hydrogen) atoms. The predicted molar refractivity (Wildman–Crippen MR) is 171 cm³/mol. The van der Waals surface area contributed by atoms with Crippen molar-refractivity contribution < 1.29 is 31.9 Å². The number of carbonyl (C=O) groups is 1. The van der Waals surface area contributed by atoms with Gasteiger partial charge in [0.1, 0.15) is 23.7 Å². The number of nitrogens with zero attached hydrogens (tertiary/aromatic N) is 6. The fourth-order valence-corrected chi connectivity index (χ4v) is 5.99. The number of rotatable bonds is 9. The molecule has 2 saturated heterocycles. The molecule has 2 aromatic heterocycles. The zero-order chi connectivity index (χ0) is 34.0. The van der Waals surface area contributed by atoms with Crippen LogP contribution in [0.15, 0.2) is 67.8 Å². The summed E-state index contributed by atoms with van der Waals surface area (Å²) in [6.07, 6.45) is 3.46. The topological polar surface area (TPSA) is 110 Å². The normalized spacial score (nSPS) is 17.4. The lowest BCUT2D eigenvalue weighted by molar-refractivity contribution is -0.140. The monoisotopic (exact) mass is 666 g/mol. The summed E-state index contributed by atoms with van der Waals surface area (Å²) in [5, 5.41) is 11.9. The number of aromatic nitrogens is 4. The van der Waals surface area contributed by atoms with E-state index in [9.17, 15) is 18.0 Å². The van der Waals surface area contributed by atoms with Crippen molar-refractivity contribution in [3.05, 3.63) is 84.7 Å². The van der Waals surface area contributed by atoms with Gasteiger partial charge in [0.2, 0.25) is 5.91 Å². The van der Waals surface area contributed by atoms with Crippen LogP contribution < -0.4 is 20.4 Å². The predicted octanol–water partition coefficient (Wildman–Crippen LogP) is 6.52. The second kappa shape index (κ2) is 13.6. The number of hydroxylamine groups is 1. The molecule has 15 heteroatoms. The molecular weight excluding hydrogens is 632 g/mol. The molecule has 2 aliphatic heterocycles. The Hall–Kier alpha value is -5.02. The first-order chi connectivity index (χ1) is 23.0. The first kappa shape index (κ1) is 32.9. The largest absolute Gasteiger partial charge is 0.495 e. The van der Waals surface area contributed by atoms with Gasteiger partial charge in [0.25, 0.3) is 0 Å². The molecule has 2 aromatic carbocycles. The molecule has 11 nitrogen and oxygen atoms in total. The van der Waals surface area contributed by atoms with Crippen molar-refractivity contribution in [1.29, 1.82) is 0 Å². The first-order valence-electron chi connectivity index (χ1n) is 15.3. The Morgan fingerprint density at radius 3 is 2.65 bits per heavy atom. The minimum atomic E-state index is -4.85. The summed E-state index contributed by atoms with van der Waals surface area (Å²) >= 11 is 0. The number of methoxy groups -OCH3 is 1. The van der Waals surface area contributed by atoms with Gasteiger partial charge >= 0.3 is 6.18 Å². The van der Waals surface area contributed by atoms with Crippen LogP contribution in [0.4, 0.5) is 40.6 Å². The maximum absolute atomic E-state index is 15.1. The van der Waals surface area contributed by atoms with Crippen LogP contribution in [0.1, 0.15) is 42.5 Å². The van der Waals surface area contributed by atoms with Crippen LogP contribution in [0.3, 0.4) is 0 Å². The number of ether oxygens (including phenoxy) is 1. The van der Waals surface area contributed by atoms with E-state index in [1.165, 1.54) is 42.8 Å². The summed E-state index contributed by atoms with van der Waals surface area (Å²) in [6.45, 7) is 5.67. The van der Waals surface area contributed by atoms with Gasteiger partial charge in [-0.3, -0.25) is 14.3 Å². The third-order valence-electron chi connectivity index (χ3n) is 8.50. The van der Waals surface area contributed by atoms with Crippen molar-refractivity contribution >= 4 is 28.9 Å². The summed E-state index contributed by atoms with van der Waals surface area (Å²) in [6, 6.07) is 7.57. The Labute approximate surface area is 274 Å². The number of hydrogen-bond acceptors (Lipinski definition) is 9. The molecule has 0 radical (unpaired) electrons. The number of hydrogen-bond donors (Lipinski definition) is 2. The van der Waals surface area contributed by atoms with E-state index >= 15 is 4.39 Å². The van der Waals surface area contributed by atoms with Crippen LogP contribution in [-0.4, -0.2) is 64.4 Å². The molecule has 252 valence electrons. The van der Waals surface area contributed by atoms with Gasteiger partial charge in [0.15, 0.2) is 5.82 Å². The SMILES string of the molecule is C=CC(=O)Nc1cc(Nc2cc(N3OCCC3c3cccc(C(F)(F)F)c3F)ncn2)c(OC)cc1-c1cnn(C2CCN(C)CC2)c1. The van der Waals surface area contributed by atoms with Gasteiger partial charge in [0.05, 0.1) is 48.9 Å². The lowest BCUT2D eigenvalue weighted by Crippen LogP contribution is -2.31. The Bertz CT molecular complexity index is 1810. The molecule has 0 spiro atoms. The van der Waals surface area contributed by atoms with Gasteiger partial charge in [-0.2, -0.15) is 18.3 Å². The molecule has 4 heterocycles. The van der Waals surface area contributed by atoms with Crippen LogP contribution in [0.25, 0.3) is 11.1 Å². The van der Waals surface area contributed by atoms with Crippen molar-refractivity contribution in [1.82, 2.24) is 24.6 Å². The summed E-state index contributed by atoms with van der Waals surface area (Å²) in [4.78, 5) is 29.0. The molecule has 1 atom stereocenters. The number of nitrogens with one attached hydrogen (secondary N) is 2. The van der Waals surface area contributed by atoms with Crippen LogP contribution >= 0.6 is 0 Å². The number of benzene rings is 2. The molecule has 0 aliphatic carbocycles. The van der Waals surface area contributed by atoms with E-state index in [1.54, 1.807) is 18.3 Å². The Balaban J connectivity index is 1.30. The number of amides is 1. The van der Waals surface area contributed by atoms with Crippen molar-refractivity contribution in [2.24, 2.45) is 0 Å². The molecule has 6 rings (SSSR count). The number of halogens is 4. The Kier molecular flexibility index (Phi) is 9.33. The van der Waals surface area contributed by atoms with Gasteiger partial charge < -0.3 is 20.3 Å². The number of anilines is 4. The van der Waals surface area contributed by atoms with Crippen molar-refractivity contribution in [3.8, 4) is 16.9 Å². The van der Waals surface area contributed by atoms with Gasteiger partial charge in [0, 0.05) is 35.4 Å². The minimum Gasteiger partial charge on any atom is -0.495 e. The molecule has 2 N–H and O–H groups in total. The quantitative estimate of drug-likeness (QED) is 0.152. The van der Waals surface area contributed by atoms with Gasteiger partial charge in [-0.25, -0.2) is 19.4 Å². The van der Waals surface area contributed by atoms with Gasteiger partial charge in [-0.15, -0.1) is 0 Å². The second-order valence-corrected chi connectivity index (χ2v) is 11.6. The molecular formula is C33H34F4N8O3. The second-order valence-electron chi connectivity index (χ2n) is 11.6. The van der Waals surface area contributed by atoms with E-state index in [-0.39, 0.29) is 36.3 Å². The van der Waals surface area contributed by atoms with Crippen molar-refractivity contribution in [2.45, 2.75) is 37.5 Å². The summed E-state index contributed by atoms with van der Waals surface area (Å²) in [7, 11) is 3.61. The lowest BCUT2D eigenvalue weighted by Gasteiger charge is -2.29. The summed E-state index contributed by atoms with van der Waals surface area (Å²) in [5.74, 6) is -0.868. The molecule has 4 aromatic rings. The highest BCUT2D eigenvalue weighted by Crippen LogP contribution is 2.42. The molecule has 0 bridgehead atoms. The van der Waals surface area contributed by atoms with Crippen LogP contribution in [0, 0.1) is 5.82 Å². The molecule has 2 aliphatic rings. The summed E-state index contributed by atoms with van der Waals surface area (Å²) < 4.78 is 63.0. The number of alkyl halides is 3. The smallest absolute Gasteiger partial charge is 0.419 e. The molecule has 1 amide bonds. The van der Waals surface area contributed by atoms with E-state index in [1.807, 2.05) is 10.9 Å². The molecule has 2 fully saturated rings. The minimum absolute atomic E-state index is 0.142. The van der Waals surface area contributed by atoms with Crippen LogP contribution in [0.2, 0.25) is 0 Å². The Morgan fingerprint density at radius 1 is 1.12 bits per heavy atom. The molecule has 0 saturated carbocycles. The van der Waals surface area contributed by atoms with E-state index in [0.29, 0.717) is 28.8 Å². The zero-order valence-corrected chi connectivity index (χ0v) is 26.3. The fraction of sp³-hybridized carbons (Fsp3) is 0.333. The highest BCUT2D eigenvalue weighted by molar-refractivity contribution is 6.02. The van der Waals surface area contributed by atoms with Gasteiger partial charge in [-0.05, 0) is 57.3 Å².